The molecule has 1 aromatic rings. The summed E-state index contributed by atoms with van der Waals surface area (Å²) in [6.45, 7) is 4.59. The zero-order valence-corrected chi connectivity index (χ0v) is 13.5. The Morgan fingerprint density at radius 2 is 1.78 bits per heavy atom. The molecule has 6 heteroatoms. The molecule has 0 spiro atoms. The number of rotatable bonds is 2. The number of aryl methyl sites for hydroxylation is 1. The summed E-state index contributed by atoms with van der Waals surface area (Å²) in [7, 11) is -1.32. The maximum atomic E-state index is 12.5. The summed E-state index contributed by atoms with van der Waals surface area (Å²) < 4.78 is 27.7. The van der Waals surface area contributed by atoms with E-state index in [4.69, 9.17) is 0 Å². The number of hydrogen-bond donors (Lipinski definition) is 0. The van der Waals surface area contributed by atoms with Crippen LogP contribution in [-0.2, 0) is 10.0 Å². The van der Waals surface area contributed by atoms with Crippen LogP contribution in [0.2, 0.25) is 0 Å². The highest BCUT2D eigenvalue weighted by molar-refractivity contribution is 14.1. The predicted octanol–water partition coefficient (Wildman–Crippen LogP) is 1.54. The van der Waals surface area contributed by atoms with E-state index >= 15 is 0 Å². The monoisotopic (exact) mass is 380 g/mol. The van der Waals surface area contributed by atoms with Gasteiger partial charge in [0.2, 0.25) is 10.0 Å². The number of sulfonamides is 1. The topological polar surface area (TPSA) is 40.6 Å². The van der Waals surface area contributed by atoms with E-state index in [0.29, 0.717) is 18.0 Å². The third kappa shape index (κ3) is 2.87. The minimum Gasteiger partial charge on any atom is -0.304 e. The second-order valence-electron chi connectivity index (χ2n) is 4.62. The number of halogens is 1. The van der Waals surface area contributed by atoms with Crippen molar-refractivity contribution < 1.29 is 8.42 Å². The molecule has 1 heterocycles. The first-order valence-corrected chi connectivity index (χ1v) is 8.38. The number of benzene rings is 1. The summed E-state index contributed by atoms with van der Waals surface area (Å²) in [4.78, 5) is 2.58. The SMILES string of the molecule is Cc1cc(I)ccc1S(=O)(=O)N1CCN(C)CC1. The summed E-state index contributed by atoms with van der Waals surface area (Å²) in [5.41, 5.74) is 0.820. The fourth-order valence-electron chi connectivity index (χ4n) is 2.07. The molecule has 0 aromatic heterocycles. The van der Waals surface area contributed by atoms with E-state index in [0.717, 1.165) is 22.2 Å². The minimum absolute atomic E-state index is 0.437. The highest BCUT2D eigenvalue weighted by atomic mass is 127. The van der Waals surface area contributed by atoms with Crippen LogP contribution in [0.1, 0.15) is 5.56 Å². The largest absolute Gasteiger partial charge is 0.304 e. The fourth-order valence-corrected chi connectivity index (χ4v) is 4.34. The molecule has 0 atom stereocenters. The molecule has 0 aliphatic carbocycles. The first-order chi connectivity index (χ1) is 8.41. The molecule has 0 bridgehead atoms. The van der Waals surface area contributed by atoms with Gasteiger partial charge in [-0.1, -0.05) is 0 Å². The number of likely N-dealkylation sites (N-methyl/N-ethyl adjacent to an activating group) is 1. The van der Waals surface area contributed by atoms with Crippen molar-refractivity contribution in [3.63, 3.8) is 0 Å². The van der Waals surface area contributed by atoms with Crippen LogP contribution in [-0.4, -0.2) is 50.8 Å². The van der Waals surface area contributed by atoms with Crippen LogP contribution in [0.4, 0.5) is 0 Å². The van der Waals surface area contributed by atoms with Gasteiger partial charge in [-0.25, -0.2) is 8.42 Å². The molecule has 2 rings (SSSR count). The Morgan fingerprint density at radius 1 is 1.17 bits per heavy atom. The average Bonchev–Trinajstić information content (AvgIpc) is 2.29. The van der Waals surface area contributed by atoms with Crippen molar-refractivity contribution in [2.75, 3.05) is 33.2 Å². The molecule has 0 unspecified atom stereocenters. The highest BCUT2D eigenvalue weighted by Gasteiger charge is 2.28. The minimum atomic E-state index is -3.33. The lowest BCUT2D eigenvalue weighted by Crippen LogP contribution is -2.47. The van der Waals surface area contributed by atoms with Gasteiger partial charge >= 0.3 is 0 Å². The van der Waals surface area contributed by atoms with Crippen LogP contribution in [0, 0.1) is 10.5 Å². The quantitative estimate of drug-likeness (QED) is 0.731. The number of nitrogens with zero attached hydrogens (tertiary/aromatic N) is 2. The molecule has 18 heavy (non-hydrogen) atoms. The van der Waals surface area contributed by atoms with Crippen LogP contribution < -0.4 is 0 Å². The Morgan fingerprint density at radius 3 is 2.33 bits per heavy atom. The molecule has 100 valence electrons. The van der Waals surface area contributed by atoms with E-state index in [1.807, 2.05) is 26.1 Å². The van der Waals surface area contributed by atoms with Crippen molar-refractivity contribution in [2.45, 2.75) is 11.8 Å². The van der Waals surface area contributed by atoms with Gasteiger partial charge in [0.15, 0.2) is 0 Å². The molecular weight excluding hydrogens is 363 g/mol. The van der Waals surface area contributed by atoms with E-state index < -0.39 is 10.0 Å². The average molecular weight is 380 g/mol. The Hall–Kier alpha value is -0.180. The maximum Gasteiger partial charge on any atom is 0.243 e. The Balaban J connectivity index is 2.30. The zero-order chi connectivity index (χ0) is 13.3. The molecular formula is C12H17IN2O2S. The van der Waals surface area contributed by atoms with Gasteiger partial charge in [0.1, 0.15) is 0 Å². The third-order valence-corrected chi connectivity index (χ3v) is 5.95. The van der Waals surface area contributed by atoms with Crippen molar-refractivity contribution in [1.29, 1.82) is 0 Å². The van der Waals surface area contributed by atoms with Crippen molar-refractivity contribution >= 4 is 32.6 Å². The van der Waals surface area contributed by atoms with Gasteiger partial charge in [0.05, 0.1) is 4.90 Å². The molecule has 0 radical (unpaired) electrons. The van der Waals surface area contributed by atoms with Crippen LogP contribution in [0.5, 0.6) is 0 Å². The highest BCUT2D eigenvalue weighted by Crippen LogP contribution is 2.22. The Bertz CT molecular complexity index is 537. The van der Waals surface area contributed by atoms with Gasteiger partial charge in [-0.05, 0) is 60.3 Å². The molecule has 1 aliphatic heterocycles. The second kappa shape index (κ2) is 5.44. The van der Waals surface area contributed by atoms with E-state index in [2.05, 4.69) is 27.5 Å². The lowest BCUT2D eigenvalue weighted by molar-refractivity contribution is 0.222. The molecule has 0 N–H and O–H groups in total. The first-order valence-electron chi connectivity index (χ1n) is 5.86. The predicted molar refractivity (Wildman–Crippen MR) is 80.2 cm³/mol. The van der Waals surface area contributed by atoms with Crippen molar-refractivity contribution in [3.05, 3.63) is 27.3 Å². The summed E-state index contributed by atoms with van der Waals surface area (Å²) in [5.74, 6) is 0. The molecule has 1 aromatic carbocycles. The smallest absolute Gasteiger partial charge is 0.243 e. The lowest BCUT2D eigenvalue weighted by atomic mass is 10.2. The van der Waals surface area contributed by atoms with Crippen LogP contribution in [0.15, 0.2) is 23.1 Å². The first kappa shape index (κ1) is 14.2. The summed E-state index contributed by atoms with van der Waals surface area (Å²) in [6.07, 6.45) is 0. The van der Waals surface area contributed by atoms with E-state index in [1.54, 1.807) is 10.4 Å². The normalized spacial score (nSPS) is 19.1. The zero-order valence-electron chi connectivity index (χ0n) is 10.6. The molecule has 1 saturated heterocycles. The lowest BCUT2D eigenvalue weighted by Gasteiger charge is -2.31. The molecule has 1 aliphatic rings. The third-order valence-electron chi connectivity index (χ3n) is 3.22. The molecule has 4 nitrogen and oxygen atoms in total. The Kier molecular flexibility index (Phi) is 4.30. The van der Waals surface area contributed by atoms with Crippen molar-refractivity contribution in [1.82, 2.24) is 9.21 Å². The molecule has 1 fully saturated rings. The van der Waals surface area contributed by atoms with Gasteiger partial charge in [-0.2, -0.15) is 4.31 Å². The molecule has 0 saturated carbocycles. The van der Waals surface area contributed by atoms with Crippen LogP contribution in [0.25, 0.3) is 0 Å². The van der Waals surface area contributed by atoms with Gasteiger partial charge < -0.3 is 4.90 Å². The van der Waals surface area contributed by atoms with Crippen molar-refractivity contribution in [2.24, 2.45) is 0 Å². The van der Waals surface area contributed by atoms with Crippen LogP contribution >= 0.6 is 22.6 Å². The summed E-state index contributed by atoms with van der Waals surface area (Å²) in [6, 6.07) is 5.46. The number of piperazine rings is 1. The standard InChI is InChI=1S/C12H17IN2O2S/c1-10-9-11(13)3-4-12(10)18(16,17)15-7-5-14(2)6-8-15/h3-4,9H,5-8H2,1-2H3. The van der Waals surface area contributed by atoms with Gasteiger partial charge in [0, 0.05) is 29.7 Å². The van der Waals surface area contributed by atoms with E-state index in [-0.39, 0.29) is 0 Å². The fraction of sp³-hybridized carbons (Fsp3) is 0.500. The van der Waals surface area contributed by atoms with Gasteiger partial charge in [-0.3, -0.25) is 0 Å². The number of hydrogen-bond acceptors (Lipinski definition) is 3. The van der Waals surface area contributed by atoms with Gasteiger partial charge in [-0.15, -0.1) is 0 Å². The Labute approximate surface area is 122 Å². The summed E-state index contributed by atoms with van der Waals surface area (Å²) >= 11 is 2.19. The van der Waals surface area contributed by atoms with E-state index in [1.165, 1.54) is 0 Å². The second-order valence-corrected chi connectivity index (χ2v) is 7.77. The summed E-state index contributed by atoms with van der Waals surface area (Å²) in [5, 5.41) is 0. The van der Waals surface area contributed by atoms with Crippen molar-refractivity contribution in [3.8, 4) is 0 Å². The maximum absolute atomic E-state index is 12.5. The van der Waals surface area contributed by atoms with E-state index in [9.17, 15) is 8.42 Å². The van der Waals surface area contributed by atoms with Gasteiger partial charge in [0.25, 0.3) is 0 Å². The van der Waals surface area contributed by atoms with Crippen LogP contribution in [0.3, 0.4) is 0 Å². The molecule has 0 amide bonds.